The molecule has 0 aliphatic carbocycles. The summed E-state index contributed by atoms with van der Waals surface area (Å²) in [5, 5.41) is 12.2. The number of carbonyl (C=O) groups excluding carboxylic acids is 2. The second kappa shape index (κ2) is 14.6. The first-order chi connectivity index (χ1) is 21.8. The molecule has 13 heteroatoms. The zero-order valence-corrected chi connectivity index (χ0v) is 26.7. The number of nitrogens with zero attached hydrogens (tertiary/aromatic N) is 5. The van der Waals surface area contributed by atoms with E-state index in [1.807, 2.05) is 18.2 Å². The van der Waals surface area contributed by atoms with Gasteiger partial charge in [0.05, 0.1) is 41.6 Å². The van der Waals surface area contributed by atoms with E-state index in [0.29, 0.717) is 40.2 Å². The molecule has 0 bridgehead atoms. The molecule has 2 aliphatic heterocycles. The third kappa shape index (κ3) is 7.64. The van der Waals surface area contributed by atoms with Gasteiger partial charge in [-0.25, -0.2) is 4.98 Å². The van der Waals surface area contributed by atoms with Crippen LogP contribution in [0.15, 0.2) is 55.3 Å². The summed E-state index contributed by atoms with van der Waals surface area (Å²) in [6, 6.07) is 11.3. The van der Waals surface area contributed by atoms with Crippen LogP contribution >= 0.6 is 11.6 Å². The minimum absolute atomic E-state index is 0.236. The summed E-state index contributed by atoms with van der Waals surface area (Å²) in [6.07, 6.45) is 4.79. The highest BCUT2D eigenvalue weighted by Crippen LogP contribution is 2.40. The summed E-state index contributed by atoms with van der Waals surface area (Å²) in [4.78, 5) is 41.1. The van der Waals surface area contributed by atoms with Gasteiger partial charge in [-0.1, -0.05) is 30.3 Å². The predicted molar refractivity (Wildman–Crippen MR) is 180 cm³/mol. The van der Waals surface area contributed by atoms with Crippen LogP contribution in [0.2, 0.25) is 5.02 Å². The highest BCUT2D eigenvalue weighted by atomic mass is 35.5. The number of methoxy groups -OCH3 is 1. The number of piperazine rings is 1. The fourth-order valence-corrected chi connectivity index (χ4v) is 5.87. The van der Waals surface area contributed by atoms with Crippen molar-refractivity contribution in [1.29, 1.82) is 0 Å². The van der Waals surface area contributed by atoms with Crippen molar-refractivity contribution in [3.8, 4) is 5.75 Å². The molecule has 0 radical (unpaired) electrons. The lowest BCUT2D eigenvalue weighted by molar-refractivity contribution is -0.111. The first-order valence-corrected chi connectivity index (χ1v) is 15.4. The number of aromatic nitrogens is 2. The van der Waals surface area contributed by atoms with Crippen LogP contribution in [0, 0.1) is 0 Å². The van der Waals surface area contributed by atoms with E-state index in [9.17, 15) is 9.59 Å². The molecule has 12 nitrogen and oxygen atoms in total. The van der Waals surface area contributed by atoms with Crippen LogP contribution in [0.1, 0.15) is 23.2 Å². The molecule has 0 spiro atoms. The molecular formula is C32H40ClN9O3. The molecule has 2 amide bonds. The summed E-state index contributed by atoms with van der Waals surface area (Å²) >= 11 is 6.44. The van der Waals surface area contributed by atoms with Gasteiger partial charge in [0.2, 0.25) is 11.9 Å². The molecule has 2 aromatic carbocycles. The molecule has 2 aliphatic rings. The molecule has 4 N–H and O–H groups in total. The van der Waals surface area contributed by atoms with Crippen molar-refractivity contribution in [2.24, 2.45) is 0 Å². The van der Waals surface area contributed by atoms with Gasteiger partial charge >= 0.3 is 0 Å². The van der Waals surface area contributed by atoms with Gasteiger partial charge in [0, 0.05) is 58.4 Å². The first-order valence-electron chi connectivity index (χ1n) is 15.0. The van der Waals surface area contributed by atoms with Gasteiger partial charge in [-0.15, -0.1) is 0 Å². The topological polar surface area (TPSA) is 127 Å². The fraction of sp³-hybridized carbons (Fsp3) is 0.375. The van der Waals surface area contributed by atoms with Gasteiger partial charge in [-0.3, -0.25) is 14.5 Å². The minimum Gasteiger partial charge on any atom is -0.494 e. The van der Waals surface area contributed by atoms with E-state index in [2.05, 4.69) is 59.6 Å². The summed E-state index contributed by atoms with van der Waals surface area (Å²) in [7, 11) is 5.34. The van der Waals surface area contributed by atoms with E-state index in [-0.39, 0.29) is 22.8 Å². The van der Waals surface area contributed by atoms with Crippen LogP contribution < -0.4 is 30.9 Å². The zero-order valence-electron chi connectivity index (χ0n) is 25.9. The average Bonchev–Trinajstić information content (AvgIpc) is 3.06. The van der Waals surface area contributed by atoms with E-state index in [4.69, 9.17) is 16.3 Å². The zero-order chi connectivity index (χ0) is 31.9. The maximum atomic E-state index is 12.5. The largest absolute Gasteiger partial charge is 0.494 e. The molecule has 0 unspecified atom stereocenters. The van der Waals surface area contributed by atoms with Crippen LogP contribution in [0.25, 0.3) is 0 Å². The van der Waals surface area contributed by atoms with E-state index >= 15 is 0 Å². The Morgan fingerprint density at radius 2 is 1.76 bits per heavy atom. The normalized spacial score (nSPS) is 16.1. The molecule has 0 saturated carbocycles. The van der Waals surface area contributed by atoms with E-state index in [0.717, 1.165) is 57.8 Å². The van der Waals surface area contributed by atoms with Gasteiger partial charge in [0.25, 0.3) is 5.91 Å². The highest BCUT2D eigenvalue weighted by molar-refractivity contribution is 6.33. The summed E-state index contributed by atoms with van der Waals surface area (Å²) in [5.74, 6) is 0.539. The number of anilines is 6. The van der Waals surface area contributed by atoms with E-state index in [1.54, 1.807) is 32.4 Å². The Bertz CT molecular complexity index is 1540. The standard InChI is InChI=1S/C32H40ClN9O3/c1-5-29(43)36-25-18-26(28(45-4)19-27(25)42-12-10-21(11-13-42)41-16-14-40(3)15-17-41)38-32-35-20-23(33)30(39-32)37-24-9-7-6-8-22(24)31(44)34-2/h5-9,18-21H,1,10-17H2,2-4H3,(H,34,44)(H,36,43)(H2,35,37,38,39). The Hall–Kier alpha value is -4.39. The number of amides is 2. The number of rotatable bonds is 10. The number of piperidine rings is 1. The fourth-order valence-electron chi connectivity index (χ4n) is 5.73. The Labute approximate surface area is 268 Å². The number of halogens is 1. The molecular weight excluding hydrogens is 594 g/mol. The Morgan fingerprint density at radius 3 is 2.44 bits per heavy atom. The monoisotopic (exact) mass is 633 g/mol. The molecule has 0 atom stereocenters. The van der Waals surface area contributed by atoms with Gasteiger partial charge < -0.3 is 35.8 Å². The van der Waals surface area contributed by atoms with Crippen molar-refractivity contribution in [1.82, 2.24) is 25.1 Å². The number of hydrogen-bond donors (Lipinski definition) is 4. The van der Waals surface area contributed by atoms with Crippen molar-refractivity contribution in [3.63, 3.8) is 0 Å². The lowest BCUT2D eigenvalue weighted by Gasteiger charge is -2.43. The maximum Gasteiger partial charge on any atom is 0.253 e. The number of benzene rings is 2. The molecule has 5 rings (SSSR count). The van der Waals surface area contributed by atoms with Crippen molar-refractivity contribution in [3.05, 3.63) is 65.8 Å². The average molecular weight is 634 g/mol. The number of likely N-dealkylation sites (N-methyl/N-ethyl adjacent to an activating group) is 1. The van der Waals surface area contributed by atoms with Crippen LogP contribution in [-0.4, -0.2) is 98.1 Å². The minimum atomic E-state index is -0.316. The summed E-state index contributed by atoms with van der Waals surface area (Å²) in [6.45, 7) is 9.73. The maximum absolute atomic E-state index is 12.5. The second-order valence-corrected chi connectivity index (χ2v) is 11.5. The molecule has 2 fully saturated rings. The predicted octanol–water partition coefficient (Wildman–Crippen LogP) is 4.33. The SMILES string of the molecule is C=CC(=O)Nc1cc(Nc2ncc(Cl)c(Nc3ccccc3C(=O)NC)n2)c(OC)cc1N1CCC(N2CCN(C)CC2)CC1. The van der Waals surface area contributed by atoms with E-state index in [1.165, 1.54) is 12.3 Å². The quantitative estimate of drug-likeness (QED) is 0.240. The second-order valence-electron chi connectivity index (χ2n) is 11.1. The summed E-state index contributed by atoms with van der Waals surface area (Å²) in [5.41, 5.74) is 3.02. The highest BCUT2D eigenvalue weighted by Gasteiger charge is 2.28. The number of para-hydroxylation sites is 1. The third-order valence-corrected chi connectivity index (χ3v) is 8.54. The molecule has 238 valence electrons. The lowest BCUT2D eigenvalue weighted by atomic mass is 10.0. The van der Waals surface area contributed by atoms with Gasteiger partial charge in [-0.05, 0) is 44.2 Å². The smallest absolute Gasteiger partial charge is 0.253 e. The van der Waals surface area contributed by atoms with Crippen molar-refractivity contribution in [2.75, 3.05) is 81.3 Å². The molecule has 2 saturated heterocycles. The molecule has 45 heavy (non-hydrogen) atoms. The molecule has 3 aromatic rings. The lowest BCUT2D eigenvalue weighted by Crippen LogP contribution is -2.52. The van der Waals surface area contributed by atoms with Crippen molar-refractivity contribution in [2.45, 2.75) is 18.9 Å². The number of hydrogen-bond acceptors (Lipinski definition) is 10. The van der Waals surface area contributed by atoms with Crippen molar-refractivity contribution < 1.29 is 14.3 Å². The van der Waals surface area contributed by atoms with Crippen LogP contribution in [-0.2, 0) is 4.79 Å². The number of ether oxygens (including phenoxy) is 1. The molecule has 1 aromatic heterocycles. The van der Waals surface area contributed by atoms with Crippen molar-refractivity contribution >= 4 is 57.9 Å². The number of nitrogens with one attached hydrogen (secondary N) is 4. The van der Waals surface area contributed by atoms with Gasteiger partial charge in [0.1, 0.15) is 10.8 Å². The Morgan fingerprint density at radius 1 is 1.02 bits per heavy atom. The van der Waals surface area contributed by atoms with Crippen LogP contribution in [0.5, 0.6) is 5.75 Å². The van der Waals surface area contributed by atoms with Crippen LogP contribution in [0.4, 0.5) is 34.5 Å². The first kappa shape index (κ1) is 32.0. The number of carbonyl (C=O) groups is 2. The Kier molecular flexibility index (Phi) is 10.4. The molecule has 3 heterocycles. The third-order valence-electron chi connectivity index (χ3n) is 8.26. The summed E-state index contributed by atoms with van der Waals surface area (Å²) < 4.78 is 5.79. The van der Waals surface area contributed by atoms with E-state index < -0.39 is 0 Å². The Balaban J connectivity index is 1.39. The van der Waals surface area contributed by atoms with Gasteiger partial charge in [-0.2, -0.15) is 4.98 Å². The van der Waals surface area contributed by atoms with Gasteiger partial charge in [0.15, 0.2) is 5.82 Å². The van der Waals surface area contributed by atoms with Crippen LogP contribution in [0.3, 0.4) is 0 Å².